The van der Waals surface area contributed by atoms with Crippen molar-refractivity contribution in [2.45, 2.75) is 19.8 Å². The zero-order chi connectivity index (χ0) is 13.2. The van der Waals surface area contributed by atoms with Gasteiger partial charge in [0.2, 0.25) is 0 Å². The Kier molecular flexibility index (Phi) is 3.58. The second-order valence-corrected chi connectivity index (χ2v) is 5.54. The number of nitrogens with one attached hydrogen (secondary N) is 1. The van der Waals surface area contributed by atoms with Crippen molar-refractivity contribution >= 4 is 11.0 Å². The molecule has 1 N–H and O–H groups in total. The second-order valence-electron chi connectivity index (χ2n) is 5.54. The minimum atomic E-state index is 0.450. The Morgan fingerprint density at radius 3 is 2.74 bits per heavy atom. The van der Waals surface area contributed by atoms with Gasteiger partial charge in [-0.2, -0.15) is 0 Å². The predicted octanol–water partition coefficient (Wildman–Crippen LogP) is 2.75. The van der Waals surface area contributed by atoms with Crippen LogP contribution in [-0.2, 0) is 0 Å². The highest BCUT2D eigenvalue weighted by Crippen LogP contribution is 2.30. The lowest BCUT2D eigenvalue weighted by Gasteiger charge is -2.29. The quantitative estimate of drug-likeness (QED) is 0.917. The van der Waals surface area contributed by atoms with E-state index in [1.165, 1.54) is 10.9 Å². The van der Waals surface area contributed by atoms with Gasteiger partial charge in [0, 0.05) is 44.0 Å². The summed E-state index contributed by atoms with van der Waals surface area (Å²) in [6, 6.07) is 8.32. The molecule has 2 aromatic rings. The molecular weight excluding hydrogens is 236 g/mol. The van der Waals surface area contributed by atoms with E-state index in [-0.39, 0.29) is 0 Å². The van der Waals surface area contributed by atoms with E-state index in [2.05, 4.69) is 42.3 Å². The highest BCUT2D eigenvalue weighted by atomic mass is 16.3. The van der Waals surface area contributed by atoms with Crippen LogP contribution in [0.3, 0.4) is 0 Å². The number of benzene rings is 1. The van der Waals surface area contributed by atoms with Crippen LogP contribution in [0.1, 0.15) is 24.2 Å². The van der Waals surface area contributed by atoms with E-state index < -0.39 is 0 Å². The second kappa shape index (κ2) is 5.35. The summed E-state index contributed by atoms with van der Waals surface area (Å²) in [5.41, 5.74) is 2.32. The van der Waals surface area contributed by atoms with E-state index in [1.807, 2.05) is 6.07 Å². The Hall–Kier alpha value is -1.32. The van der Waals surface area contributed by atoms with E-state index in [4.69, 9.17) is 4.42 Å². The average molecular weight is 258 g/mol. The lowest BCUT2D eigenvalue weighted by atomic mass is 10.0. The summed E-state index contributed by atoms with van der Waals surface area (Å²) in [7, 11) is 0. The van der Waals surface area contributed by atoms with Crippen LogP contribution in [0.15, 0.2) is 28.7 Å². The van der Waals surface area contributed by atoms with E-state index in [0.717, 1.165) is 44.1 Å². The molecule has 3 heteroatoms. The Balaban J connectivity index is 1.80. The molecule has 3 rings (SSSR count). The maximum atomic E-state index is 6.06. The molecule has 0 saturated carbocycles. The van der Waals surface area contributed by atoms with E-state index in [1.54, 1.807) is 0 Å². The number of hydrogen-bond acceptors (Lipinski definition) is 3. The molecule has 1 aromatic carbocycles. The number of piperazine rings is 1. The summed E-state index contributed by atoms with van der Waals surface area (Å²) in [6.07, 6.45) is 0. The van der Waals surface area contributed by atoms with Gasteiger partial charge in [0.1, 0.15) is 11.3 Å². The van der Waals surface area contributed by atoms with Crippen molar-refractivity contribution in [3.8, 4) is 0 Å². The number of nitrogens with zero attached hydrogens (tertiary/aromatic N) is 1. The first-order valence-electron chi connectivity index (χ1n) is 7.17. The molecule has 1 saturated heterocycles. The van der Waals surface area contributed by atoms with Crippen molar-refractivity contribution in [1.29, 1.82) is 0 Å². The van der Waals surface area contributed by atoms with Crippen LogP contribution in [0.4, 0.5) is 0 Å². The number of hydrogen-bond donors (Lipinski definition) is 1. The van der Waals surface area contributed by atoms with Crippen LogP contribution in [0.25, 0.3) is 11.0 Å². The molecular formula is C16H22N2O. The normalized spacial score (nSPS) is 18.8. The Morgan fingerprint density at radius 2 is 2.00 bits per heavy atom. The van der Waals surface area contributed by atoms with Crippen molar-refractivity contribution in [2.24, 2.45) is 0 Å². The number of fused-ring (bicyclic) bond motifs is 1. The zero-order valence-corrected chi connectivity index (χ0v) is 11.8. The zero-order valence-electron chi connectivity index (χ0n) is 11.8. The standard InChI is InChI=1S/C16H22N2O/c1-12(11-18-9-7-17-8-10-18)16-13(2)14-5-3-4-6-15(14)19-16/h3-6,12,17H,7-11H2,1-2H3. The molecule has 0 spiro atoms. The van der Waals surface area contributed by atoms with Crippen LogP contribution in [0.5, 0.6) is 0 Å². The van der Waals surface area contributed by atoms with Crippen molar-refractivity contribution in [3.05, 3.63) is 35.6 Å². The average Bonchev–Trinajstić information content (AvgIpc) is 2.78. The van der Waals surface area contributed by atoms with Gasteiger partial charge in [-0.3, -0.25) is 0 Å². The third kappa shape index (κ3) is 2.53. The molecule has 1 unspecified atom stereocenters. The first kappa shape index (κ1) is 12.7. The van der Waals surface area contributed by atoms with Gasteiger partial charge in [0.15, 0.2) is 0 Å². The number of furan rings is 1. The van der Waals surface area contributed by atoms with Gasteiger partial charge in [-0.1, -0.05) is 25.1 Å². The predicted molar refractivity (Wildman–Crippen MR) is 78.7 cm³/mol. The molecule has 19 heavy (non-hydrogen) atoms. The summed E-state index contributed by atoms with van der Waals surface area (Å²) >= 11 is 0. The van der Waals surface area contributed by atoms with Gasteiger partial charge in [-0.05, 0) is 18.6 Å². The third-order valence-corrected chi connectivity index (χ3v) is 4.07. The van der Waals surface area contributed by atoms with Crippen LogP contribution >= 0.6 is 0 Å². The highest BCUT2D eigenvalue weighted by Gasteiger charge is 2.20. The molecule has 0 bridgehead atoms. The van der Waals surface area contributed by atoms with E-state index >= 15 is 0 Å². The minimum absolute atomic E-state index is 0.450. The summed E-state index contributed by atoms with van der Waals surface area (Å²) in [5, 5.41) is 4.65. The first-order valence-corrected chi connectivity index (χ1v) is 7.17. The van der Waals surface area contributed by atoms with Gasteiger partial charge >= 0.3 is 0 Å². The molecule has 0 amide bonds. The summed E-state index contributed by atoms with van der Waals surface area (Å²) in [6.45, 7) is 10.0. The van der Waals surface area contributed by atoms with Gasteiger partial charge in [-0.25, -0.2) is 0 Å². The van der Waals surface area contributed by atoms with Crippen LogP contribution in [0, 0.1) is 6.92 Å². The molecule has 1 atom stereocenters. The molecule has 2 heterocycles. The van der Waals surface area contributed by atoms with E-state index in [9.17, 15) is 0 Å². The minimum Gasteiger partial charge on any atom is -0.460 e. The molecule has 1 aliphatic rings. The van der Waals surface area contributed by atoms with Gasteiger partial charge < -0.3 is 14.6 Å². The number of aryl methyl sites for hydroxylation is 1. The molecule has 1 fully saturated rings. The Labute approximate surface area is 114 Å². The van der Waals surface area contributed by atoms with E-state index in [0.29, 0.717) is 5.92 Å². The largest absolute Gasteiger partial charge is 0.460 e. The van der Waals surface area contributed by atoms with Crippen molar-refractivity contribution in [2.75, 3.05) is 32.7 Å². The van der Waals surface area contributed by atoms with Crippen LogP contribution in [0.2, 0.25) is 0 Å². The smallest absolute Gasteiger partial charge is 0.134 e. The SMILES string of the molecule is Cc1c(C(C)CN2CCNCC2)oc2ccccc12. The fourth-order valence-corrected chi connectivity index (χ4v) is 3.03. The number of para-hydroxylation sites is 1. The lowest BCUT2D eigenvalue weighted by molar-refractivity contribution is 0.224. The Bertz CT molecular complexity index is 555. The number of rotatable bonds is 3. The summed E-state index contributed by atoms with van der Waals surface area (Å²) in [4.78, 5) is 2.52. The Morgan fingerprint density at radius 1 is 1.26 bits per heavy atom. The lowest BCUT2D eigenvalue weighted by Crippen LogP contribution is -2.44. The van der Waals surface area contributed by atoms with Crippen molar-refractivity contribution in [3.63, 3.8) is 0 Å². The van der Waals surface area contributed by atoms with Gasteiger partial charge in [-0.15, -0.1) is 0 Å². The monoisotopic (exact) mass is 258 g/mol. The maximum Gasteiger partial charge on any atom is 0.134 e. The summed E-state index contributed by atoms with van der Waals surface area (Å²) in [5.74, 6) is 1.60. The molecule has 102 valence electrons. The molecule has 0 radical (unpaired) electrons. The van der Waals surface area contributed by atoms with Gasteiger partial charge in [0.25, 0.3) is 0 Å². The third-order valence-electron chi connectivity index (χ3n) is 4.07. The fourth-order valence-electron chi connectivity index (χ4n) is 3.03. The first-order chi connectivity index (χ1) is 9.25. The van der Waals surface area contributed by atoms with Gasteiger partial charge in [0.05, 0.1) is 0 Å². The summed E-state index contributed by atoms with van der Waals surface area (Å²) < 4.78 is 6.06. The highest BCUT2D eigenvalue weighted by molar-refractivity contribution is 5.82. The fraction of sp³-hybridized carbons (Fsp3) is 0.500. The molecule has 3 nitrogen and oxygen atoms in total. The molecule has 0 aliphatic carbocycles. The molecule has 1 aromatic heterocycles. The van der Waals surface area contributed by atoms with Crippen LogP contribution in [-0.4, -0.2) is 37.6 Å². The topological polar surface area (TPSA) is 28.4 Å². The van der Waals surface area contributed by atoms with Crippen LogP contribution < -0.4 is 5.32 Å². The maximum absolute atomic E-state index is 6.06. The molecule has 1 aliphatic heterocycles. The van der Waals surface area contributed by atoms with Crippen molar-refractivity contribution in [1.82, 2.24) is 10.2 Å². The van der Waals surface area contributed by atoms with Crippen molar-refractivity contribution < 1.29 is 4.42 Å².